The fourth-order valence-corrected chi connectivity index (χ4v) is 1.48. The molecule has 1 unspecified atom stereocenters. The van der Waals surface area contributed by atoms with Crippen LogP contribution in [0.25, 0.3) is 0 Å². The Balaban J connectivity index is 2.78. The number of ether oxygens (including phenoxy) is 1. The first-order chi connectivity index (χ1) is 7.91. The lowest BCUT2D eigenvalue weighted by atomic mass is 10.0. The van der Waals surface area contributed by atoms with Gasteiger partial charge in [-0.3, -0.25) is 0 Å². The van der Waals surface area contributed by atoms with Gasteiger partial charge in [0.1, 0.15) is 5.75 Å². The quantitative estimate of drug-likeness (QED) is 0.797. The summed E-state index contributed by atoms with van der Waals surface area (Å²) in [4.78, 5) is 11.5. The molecule has 1 aromatic rings. The molecule has 1 amide bonds. The highest BCUT2D eigenvalue weighted by Gasteiger charge is 2.16. The van der Waals surface area contributed by atoms with Crippen molar-refractivity contribution in [2.24, 2.45) is 0 Å². The van der Waals surface area contributed by atoms with Gasteiger partial charge < -0.3 is 4.74 Å². The molecule has 0 radical (unpaired) electrons. The lowest BCUT2D eigenvalue weighted by molar-refractivity contribution is 0.186. The van der Waals surface area contributed by atoms with E-state index in [4.69, 9.17) is 15.4 Å². The number of halogens is 1. The summed E-state index contributed by atoms with van der Waals surface area (Å²) in [5, 5.41) is 0. The fourth-order valence-electron chi connectivity index (χ4n) is 1.16. The highest BCUT2D eigenvalue weighted by molar-refractivity contribution is 8.06. The molecule has 94 valence electrons. The van der Waals surface area contributed by atoms with Gasteiger partial charge in [-0.2, -0.15) is 0 Å². The second-order valence-electron chi connectivity index (χ2n) is 3.80. The van der Waals surface area contributed by atoms with Crippen molar-refractivity contribution in [3.05, 3.63) is 29.8 Å². The first-order valence-corrected chi connectivity index (χ1v) is 6.98. The van der Waals surface area contributed by atoms with E-state index in [-0.39, 0.29) is 0 Å². The van der Waals surface area contributed by atoms with E-state index in [2.05, 4.69) is 0 Å². The number of rotatable bonds is 3. The Hall–Kier alpha value is -1.07. The molecule has 0 aliphatic rings. The predicted molar refractivity (Wildman–Crippen MR) is 68.3 cm³/mol. The Kier molecular flexibility index (Phi) is 4.96. The van der Waals surface area contributed by atoms with Crippen molar-refractivity contribution < 1.29 is 13.7 Å². The number of hydrogen-bond acceptors (Lipinski definition) is 3. The Morgan fingerprint density at radius 1 is 1.47 bits per heavy atom. The number of nitrogens with zero attached hydrogens (tertiary/aromatic N) is 1. The number of carbonyl (C=O) groups is 1. The standard InChI is InChI=1S/C11H14ClNO3S/c1-8(2)9-5-4-6-10(7-9)16-11(14)13(3)17(12)15/h4-8H,1-3H3. The number of amides is 1. The van der Waals surface area contributed by atoms with Crippen molar-refractivity contribution in [1.82, 2.24) is 4.31 Å². The van der Waals surface area contributed by atoms with Gasteiger partial charge in [0.15, 0.2) is 0 Å². The molecule has 0 N–H and O–H groups in total. The first kappa shape index (κ1) is 14.0. The Morgan fingerprint density at radius 3 is 2.65 bits per heavy atom. The third-order valence-corrected chi connectivity index (χ3v) is 3.40. The van der Waals surface area contributed by atoms with Crippen LogP contribution in [0.2, 0.25) is 0 Å². The van der Waals surface area contributed by atoms with Crippen molar-refractivity contribution in [2.75, 3.05) is 7.05 Å². The normalized spacial score (nSPS) is 12.3. The molecule has 0 saturated heterocycles. The zero-order chi connectivity index (χ0) is 13.0. The molecule has 0 aliphatic carbocycles. The van der Waals surface area contributed by atoms with Crippen LogP contribution in [0.5, 0.6) is 5.75 Å². The molecular formula is C11H14ClNO3S. The van der Waals surface area contributed by atoms with E-state index in [9.17, 15) is 9.00 Å². The summed E-state index contributed by atoms with van der Waals surface area (Å²) in [5.41, 5.74) is 1.06. The molecule has 1 atom stereocenters. The van der Waals surface area contributed by atoms with Crippen LogP contribution in [0.15, 0.2) is 24.3 Å². The lowest BCUT2D eigenvalue weighted by Gasteiger charge is -2.13. The summed E-state index contributed by atoms with van der Waals surface area (Å²) in [6, 6.07) is 7.18. The van der Waals surface area contributed by atoms with Gasteiger partial charge in [-0.05, 0) is 23.6 Å². The minimum atomic E-state index is -1.90. The molecule has 0 aliphatic heterocycles. The molecule has 0 heterocycles. The van der Waals surface area contributed by atoms with Gasteiger partial charge in [-0.15, -0.1) is 0 Å². The molecule has 6 heteroatoms. The van der Waals surface area contributed by atoms with E-state index < -0.39 is 16.3 Å². The van der Waals surface area contributed by atoms with Gasteiger partial charge in [-0.1, -0.05) is 26.0 Å². The minimum absolute atomic E-state index is 0.341. The van der Waals surface area contributed by atoms with Crippen molar-refractivity contribution in [1.29, 1.82) is 0 Å². The topological polar surface area (TPSA) is 46.6 Å². The fraction of sp³-hybridized carbons (Fsp3) is 0.364. The van der Waals surface area contributed by atoms with Crippen LogP contribution >= 0.6 is 10.7 Å². The third-order valence-electron chi connectivity index (χ3n) is 2.20. The number of hydrogen-bond donors (Lipinski definition) is 0. The van der Waals surface area contributed by atoms with Crippen molar-refractivity contribution in [3.63, 3.8) is 0 Å². The van der Waals surface area contributed by atoms with E-state index in [0.29, 0.717) is 11.7 Å². The smallest absolute Gasteiger partial charge is 0.410 e. The highest BCUT2D eigenvalue weighted by atomic mass is 35.7. The molecule has 4 nitrogen and oxygen atoms in total. The maximum absolute atomic E-state index is 11.5. The summed E-state index contributed by atoms with van der Waals surface area (Å²) in [6.07, 6.45) is -0.751. The lowest BCUT2D eigenvalue weighted by Crippen LogP contribution is -2.29. The van der Waals surface area contributed by atoms with E-state index >= 15 is 0 Å². The summed E-state index contributed by atoms with van der Waals surface area (Å²) < 4.78 is 16.7. The average molecular weight is 276 g/mol. The van der Waals surface area contributed by atoms with Crippen molar-refractivity contribution >= 4 is 27.0 Å². The van der Waals surface area contributed by atoms with Gasteiger partial charge in [0.05, 0.1) is 0 Å². The van der Waals surface area contributed by atoms with Crippen molar-refractivity contribution in [3.8, 4) is 5.75 Å². The maximum atomic E-state index is 11.5. The Morgan fingerprint density at radius 2 is 2.12 bits per heavy atom. The van der Waals surface area contributed by atoms with E-state index in [1.807, 2.05) is 19.9 Å². The van der Waals surface area contributed by atoms with Crippen LogP contribution in [-0.4, -0.2) is 21.7 Å². The minimum Gasteiger partial charge on any atom is -0.410 e. The summed E-state index contributed by atoms with van der Waals surface area (Å²) in [7, 11) is 4.67. The second-order valence-corrected chi connectivity index (χ2v) is 5.55. The molecular weight excluding hydrogens is 262 g/mol. The predicted octanol–water partition coefficient (Wildman–Crippen LogP) is 3.06. The summed E-state index contributed by atoms with van der Waals surface area (Å²) in [5.74, 6) is 0.753. The third kappa shape index (κ3) is 4.02. The zero-order valence-electron chi connectivity index (χ0n) is 9.84. The zero-order valence-corrected chi connectivity index (χ0v) is 11.4. The summed E-state index contributed by atoms with van der Waals surface area (Å²) in [6.45, 7) is 4.09. The van der Waals surface area contributed by atoms with Gasteiger partial charge in [0, 0.05) is 17.7 Å². The average Bonchev–Trinajstić information content (AvgIpc) is 2.28. The first-order valence-electron chi connectivity index (χ1n) is 5.05. The van der Waals surface area contributed by atoms with Crippen LogP contribution in [0.1, 0.15) is 25.3 Å². The highest BCUT2D eigenvalue weighted by Crippen LogP contribution is 2.20. The molecule has 0 aromatic heterocycles. The molecule has 0 bridgehead atoms. The monoisotopic (exact) mass is 275 g/mol. The number of carbonyl (C=O) groups excluding carboxylic acids is 1. The van der Waals surface area contributed by atoms with Crippen LogP contribution in [0, 0.1) is 0 Å². The van der Waals surface area contributed by atoms with Crippen LogP contribution < -0.4 is 4.74 Å². The molecule has 1 rings (SSSR count). The molecule has 0 fully saturated rings. The Bertz CT molecular complexity index is 436. The molecule has 17 heavy (non-hydrogen) atoms. The van der Waals surface area contributed by atoms with Crippen LogP contribution in [0.3, 0.4) is 0 Å². The van der Waals surface area contributed by atoms with Crippen LogP contribution in [0.4, 0.5) is 4.79 Å². The second kappa shape index (κ2) is 6.02. The molecule has 1 aromatic carbocycles. The summed E-state index contributed by atoms with van der Waals surface area (Å²) >= 11 is 0. The van der Waals surface area contributed by atoms with Gasteiger partial charge in [0.25, 0.3) is 0 Å². The Labute approximate surface area is 108 Å². The van der Waals surface area contributed by atoms with E-state index in [1.165, 1.54) is 7.05 Å². The van der Waals surface area contributed by atoms with Gasteiger partial charge in [0.2, 0.25) is 10.2 Å². The largest absolute Gasteiger partial charge is 0.427 e. The molecule has 0 saturated carbocycles. The molecule has 0 spiro atoms. The van der Waals surface area contributed by atoms with Gasteiger partial charge in [-0.25, -0.2) is 13.3 Å². The van der Waals surface area contributed by atoms with Crippen molar-refractivity contribution in [2.45, 2.75) is 19.8 Å². The van der Waals surface area contributed by atoms with E-state index in [1.54, 1.807) is 18.2 Å². The van der Waals surface area contributed by atoms with Crippen LogP contribution in [-0.2, 0) is 10.2 Å². The maximum Gasteiger partial charge on any atom is 0.427 e. The number of benzene rings is 1. The van der Waals surface area contributed by atoms with Gasteiger partial charge >= 0.3 is 6.09 Å². The SMILES string of the molecule is CC(C)c1cccc(OC(=O)N(C)S(=O)Cl)c1. The van der Waals surface area contributed by atoms with E-state index in [0.717, 1.165) is 9.87 Å².